The van der Waals surface area contributed by atoms with Crippen LogP contribution in [0.3, 0.4) is 0 Å². The SMILES string of the molecule is CC(C)(C)NC(=O)CN1CCN(C(=O)c2cncn2-c2ccccc2)CC1. The third-order valence-electron chi connectivity index (χ3n) is 4.43. The maximum atomic E-state index is 12.9. The van der Waals surface area contributed by atoms with Gasteiger partial charge in [-0.25, -0.2) is 4.98 Å². The molecular weight excluding hydrogens is 342 g/mol. The average Bonchev–Trinajstić information content (AvgIpc) is 3.10. The maximum Gasteiger partial charge on any atom is 0.272 e. The van der Waals surface area contributed by atoms with Crippen LogP contribution in [0.5, 0.6) is 0 Å². The van der Waals surface area contributed by atoms with Gasteiger partial charge in [0.25, 0.3) is 5.91 Å². The third kappa shape index (κ3) is 4.95. The molecule has 3 rings (SSSR count). The minimum absolute atomic E-state index is 0.0180. The molecular formula is C20H27N5O2. The van der Waals surface area contributed by atoms with Crippen LogP contribution in [-0.4, -0.2) is 69.4 Å². The van der Waals surface area contributed by atoms with Gasteiger partial charge in [-0.3, -0.25) is 19.1 Å². The van der Waals surface area contributed by atoms with E-state index in [1.54, 1.807) is 12.5 Å². The number of imidazole rings is 1. The highest BCUT2D eigenvalue weighted by molar-refractivity contribution is 5.93. The molecule has 1 saturated heterocycles. The Balaban J connectivity index is 1.59. The summed E-state index contributed by atoms with van der Waals surface area (Å²) < 4.78 is 1.81. The van der Waals surface area contributed by atoms with Gasteiger partial charge >= 0.3 is 0 Å². The lowest BCUT2D eigenvalue weighted by Gasteiger charge is -2.35. The van der Waals surface area contributed by atoms with Gasteiger partial charge in [0.1, 0.15) is 5.69 Å². The van der Waals surface area contributed by atoms with Crippen LogP contribution in [0.15, 0.2) is 42.9 Å². The molecule has 0 saturated carbocycles. The zero-order chi connectivity index (χ0) is 19.4. The Labute approximate surface area is 160 Å². The Hall–Kier alpha value is -2.67. The molecule has 0 spiro atoms. The summed E-state index contributed by atoms with van der Waals surface area (Å²) in [6.07, 6.45) is 3.27. The molecule has 2 aromatic rings. The second-order valence-corrected chi connectivity index (χ2v) is 7.85. The van der Waals surface area contributed by atoms with Crippen LogP contribution in [0.25, 0.3) is 5.69 Å². The number of nitrogens with one attached hydrogen (secondary N) is 1. The highest BCUT2D eigenvalue weighted by atomic mass is 16.2. The first-order valence-corrected chi connectivity index (χ1v) is 9.24. The molecule has 1 aromatic carbocycles. The van der Waals surface area contributed by atoms with E-state index in [4.69, 9.17) is 0 Å². The Morgan fingerprint density at radius 1 is 1.07 bits per heavy atom. The Bertz CT molecular complexity index is 786. The van der Waals surface area contributed by atoms with Gasteiger partial charge in [-0.15, -0.1) is 0 Å². The summed E-state index contributed by atoms with van der Waals surface area (Å²) in [6.45, 7) is 8.84. The van der Waals surface area contributed by atoms with Crippen LogP contribution in [0.1, 0.15) is 31.3 Å². The van der Waals surface area contributed by atoms with E-state index in [0.29, 0.717) is 38.4 Å². The quantitative estimate of drug-likeness (QED) is 0.888. The number of para-hydroxylation sites is 1. The number of amides is 2. The van der Waals surface area contributed by atoms with Gasteiger partial charge < -0.3 is 10.2 Å². The van der Waals surface area contributed by atoms with Gasteiger partial charge in [0, 0.05) is 37.4 Å². The molecule has 1 aliphatic rings. The normalized spacial score (nSPS) is 15.6. The van der Waals surface area contributed by atoms with Gasteiger partial charge in [-0.05, 0) is 32.9 Å². The maximum absolute atomic E-state index is 12.9. The lowest BCUT2D eigenvalue weighted by molar-refractivity contribution is -0.124. The van der Waals surface area contributed by atoms with Gasteiger partial charge in [-0.2, -0.15) is 0 Å². The molecule has 27 heavy (non-hydrogen) atoms. The van der Waals surface area contributed by atoms with E-state index >= 15 is 0 Å². The van der Waals surface area contributed by atoms with E-state index in [2.05, 4.69) is 15.2 Å². The van der Waals surface area contributed by atoms with Crippen molar-refractivity contribution in [3.63, 3.8) is 0 Å². The summed E-state index contributed by atoms with van der Waals surface area (Å²) in [5.74, 6) is -0.0143. The molecule has 1 N–H and O–H groups in total. The lowest BCUT2D eigenvalue weighted by atomic mass is 10.1. The van der Waals surface area contributed by atoms with Crippen LogP contribution >= 0.6 is 0 Å². The van der Waals surface area contributed by atoms with Crippen molar-refractivity contribution in [3.8, 4) is 5.69 Å². The fraction of sp³-hybridized carbons (Fsp3) is 0.450. The molecule has 144 valence electrons. The zero-order valence-electron chi connectivity index (χ0n) is 16.2. The van der Waals surface area contributed by atoms with Gasteiger partial charge in [-0.1, -0.05) is 18.2 Å². The molecule has 1 aromatic heterocycles. The molecule has 2 amide bonds. The minimum atomic E-state index is -0.231. The first-order chi connectivity index (χ1) is 12.8. The van der Waals surface area contributed by atoms with Crippen molar-refractivity contribution < 1.29 is 9.59 Å². The Morgan fingerprint density at radius 3 is 2.37 bits per heavy atom. The van der Waals surface area contributed by atoms with E-state index < -0.39 is 0 Å². The van der Waals surface area contributed by atoms with E-state index in [-0.39, 0.29) is 17.4 Å². The number of carbonyl (C=O) groups is 2. The summed E-state index contributed by atoms with van der Waals surface area (Å²) in [4.78, 5) is 33.1. The van der Waals surface area contributed by atoms with Crippen LogP contribution < -0.4 is 5.32 Å². The zero-order valence-corrected chi connectivity index (χ0v) is 16.2. The van der Waals surface area contributed by atoms with Crippen molar-refractivity contribution in [2.75, 3.05) is 32.7 Å². The van der Waals surface area contributed by atoms with E-state index in [1.807, 2.05) is 60.6 Å². The molecule has 1 fully saturated rings. The second-order valence-electron chi connectivity index (χ2n) is 7.85. The summed E-state index contributed by atoms with van der Waals surface area (Å²) in [5, 5.41) is 2.98. The lowest BCUT2D eigenvalue weighted by Crippen LogP contribution is -2.53. The Morgan fingerprint density at radius 2 is 1.74 bits per heavy atom. The van der Waals surface area contributed by atoms with E-state index in [1.165, 1.54) is 0 Å². The number of nitrogens with zero attached hydrogens (tertiary/aromatic N) is 4. The molecule has 0 unspecified atom stereocenters. The van der Waals surface area contributed by atoms with Gasteiger partial charge in [0.05, 0.1) is 19.1 Å². The van der Waals surface area contributed by atoms with Crippen molar-refractivity contribution in [1.29, 1.82) is 0 Å². The van der Waals surface area contributed by atoms with Crippen molar-refractivity contribution >= 4 is 11.8 Å². The van der Waals surface area contributed by atoms with Crippen LogP contribution in [-0.2, 0) is 4.79 Å². The largest absolute Gasteiger partial charge is 0.350 e. The molecule has 2 heterocycles. The fourth-order valence-electron chi connectivity index (χ4n) is 3.18. The summed E-state index contributed by atoms with van der Waals surface area (Å²) >= 11 is 0. The van der Waals surface area contributed by atoms with Crippen molar-refractivity contribution in [2.24, 2.45) is 0 Å². The number of hydrogen-bond acceptors (Lipinski definition) is 4. The van der Waals surface area contributed by atoms with Gasteiger partial charge in [0.2, 0.25) is 5.91 Å². The number of benzene rings is 1. The van der Waals surface area contributed by atoms with Gasteiger partial charge in [0.15, 0.2) is 0 Å². The first kappa shape index (κ1) is 19.1. The standard InChI is InChI=1S/C20H27N5O2/c1-20(2,3)22-18(26)14-23-9-11-24(12-10-23)19(27)17-13-21-15-25(17)16-7-5-4-6-8-16/h4-8,13,15H,9-12,14H2,1-3H3,(H,22,26). The smallest absolute Gasteiger partial charge is 0.272 e. The number of piperazine rings is 1. The third-order valence-corrected chi connectivity index (χ3v) is 4.43. The average molecular weight is 369 g/mol. The van der Waals surface area contributed by atoms with E-state index in [9.17, 15) is 9.59 Å². The highest BCUT2D eigenvalue weighted by Gasteiger charge is 2.26. The summed E-state index contributed by atoms with van der Waals surface area (Å²) in [5.41, 5.74) is 1.24. The molecule has 0 aliphatic carbocycles. The van der Waals surface area contributed by atoms with Crippen molar-refractivity contribution in [3.05, 3.63) is 48.5 Å². The Kier molecular flexibility index (Phi) is 5.60. The predicted molar refractivity (Wildman–Crippen MR) is 104 cm³/mol. The number of aromatic nitrogens is 2. The van der Waals surface area contributed by atoms with Crippen molar-refractivity contribution in [1.82, 2.24) is 24.7 Å². The summed E-state index contributed by atoms with van der Waals surface area (Å²) in [7, 11) is 0. The minimum Gasteiger partial charge on any atom is -0.350 e. The molecule has 0 radical (unpaired) electrons. The number of rotatable bonds is 4. The molecule has 7 heteroatoms. The second kappa shape index (κ2) is 7.92. The fourth-order valence-corrected chi connectivity index (χ4v) is 3.18. The molecule has 1 aliphatic heterocycles. The van der Waals surface area contributed by atoms with Crippen LogP contribution in [0.4, 0.5) is 0 Å². The predicted octanol–water partition coefficient (Wildman–Crippen LogP) is 1.54. The first-order valence-electron chi connectivity index (χ1n) is 9.24. The highest BCUT2D eigenvalue weighted by Crippen LogP contribution is 2.14. The summed E-state index contributed by atoms with van der Waals surface area (Å²) in [6, 6.07) is 9.71. The molecule has 0 bridgehead atoms. The number of hydrogen-bond donors (Lipinski definition) is 1. The molecule has 7 nitrogen and oxygen atoms in total. The van der Waals surface area contributed by atoms with E-state index in [0.717, 1.165) is 5.69 Å². The van der Waals surface area contributed by atoms with Crippen LogP contribution in [0.2, 0.25) is 0 Å². The topological polar surface area (TPSA) is 70.5 Å². The number of carbonyl (C=O) groups excluding carboxylic acids is 2. The van der Waals surface area contributed by atoms with Crippen LogP contribution in [0, 0.1) is 0 Å². The monoisotopic (exact) mass is 369 g/mol. The molecule has 0 atom stereocenters. The van der Waals surface area contributed by atoms with Crippen molar-refractivity contribution in [2.45, 2.75) is 26.3 Å².